The third-order valence-corrected chi connectivity index (χ3v) is 5.94. The molecule has 0 saturated carbocycles. The smallest absolute Gasteiger partial charge is 0.257 e. The van der Waals surface area contributed by atoms with E-state index in [1.54, 1.807) is 0 Å². The molecular formula is C23H19ClF3N5O3. The van der Waals surface area contributed by atoms with Gasteiger partial charge in [0.05, 0.1) is 23.2 Å². The molecular weight excluding hydrogens is 487 g/mol. The molecule has 2 aromatic carbocycles. The molecule has 35 heavy (non-hydrogen) atoms. The normalized spacial score (nSPS) is 13.9. The lowest BCUT2D eigenvalue weighted by molar-refractivity contribution is -0.0186. The van der Waals surface area contributed by atoms with Crippen LogP contribution in [0.4, 0.5) is 13.2 Å². The number of benzene rings is 2. The number of halogens is 4. The van der Waals surface area contributed by atoms with Crippen molar-refractivity contribution < 1.29 is 27.6 Å². The maximum absolute atomic E-state index is 14.7. The number of aromatic nitrogens is 4. The molecule has 4 rings (SSSR count). The van der Waals surface area contributed by atoms with E-state index in [1.807, 2.05) is 0 Å². The van der Waals surface area contributed by atoms with Crippen LogP contribution in [0.2, 0.25) is 5.02 Å². The molecule has 0 spiro atoms. The predicted octanol–water partition coefficient (Wildman–Crippen LogP) is 4.02. The highest BCUT2D eigenvalue weighted by molar-refractivity contribution is 6.33. The Bertz CT molecular complexity index is 1360. The second kappa shape index (κ2) is 9.51. The number of nitrogens with one attached hydrogen (secondary N) is 1. The van der Waals surface area contributed by atoms with Crippen LogP contribution in [0.15, 0.2) is 53.6 Å². The van der Waals surface area contributed by atoms with Gasteiger partial charge in [0.15, 0.2) is 0 Å². The van der Waals surface area contributed by atoms with E-state index in [1.165, 1.54) is 43.3 Å². The number of hydrogen-bond donors (Lipinski definition) is 2. The van der Waals surface area contributed by atoms with Gasteiger partial charge in [0, 0.05) is 11.6 Å². The van der Waals surface area contributed by atoms with E-state index in [0.29, 0.717) is 6.07 Å². The summed E-state index contributed by atoms with van der Waals surface area (Å²) in [6.07, 6.45) is 2.51. The van der Waals surface area contributed by atoms with Crippen molar-refractivity contribution in [2.45, 2.75) is 32.0 Å². The Balaban J connectivity index is 1.72. The lowest BCUT2D eigenvalue weighted by Gasteiger charge is -2.35. The molecule has 0 aliphatic heterocycles. The summed E-state index contributed by atoms with van der Waals surface area (Å²) in [5.41, 5.74) is -2.76. The number of amides is 1. The minimum atomic E-state index is -2.10. The van der Waals surface area contributed by atoms with Gasteiger partial charge >= 0.3 is 0 Å². The number of rotatable bonds is 7. The number of aryl methyl sites for hydroxylation is 1. The summed E-state index contributed by atoms with van der Waals surface area (Å²) >= 11 is 6.14. The van der Waals surface area contributed by atoms with E-state index in [9.17, 15) is 23.1 Å². The van der Waals surface area contributed by atoms with Gasteiger partial charge in [-0.05, 0) is 32.0 Å². The zero-order chi connectivity index (χ0) is 25.3. The van der Waals surface area contributed by atoms with Gasteiger partial charge in [0.1, 0.15) is 52.7 Å². The molecule has 2 N–H and O–H groups in total. The van der Waals surface area contributed by atoms with Gasteiger partial charge in [0.2, 0.25) is 0 Å². The molecule has 2 heterocycles. The summed E-state index contributed by atoms with van der Waals surface area (Å²) in [6.45, 7) is 2.55. The minimum Gasteiger partial charge on any atom is -0.381 e. The fourth-order valence-corrected chi connectivity index (χ4v) is 4.03. The van der Waals surface area contributed by atoms with Crippen molar-refractivity contribution in [2.24, 2.45) is 0 Å². The Hall–Kier alpha value is -3.70. The Morgan fingerprint density at radius 1 is 1.26 bits per heavy atom. The molecule has 0 radical (unpaired) electrons. The Kier molecular flexibility index (Phi) is 6.64. The second-order valence-electron chi connectivity index (χ2n) is 7.90. The van der Waals surface area contributed by atoms with Crippen molar-refractivity contribution in [3.8, 4) is 11.3 Å². The molecule has 0 aliphatic rings. The summed E-state index contributed by atoms with van der Waals surface area (Å²) in [5, 5.41) is 21.9. The number of carbonyl (C=O) groups excluding carboxylic acids is 1. The standard InChI is InChI=1S/C23H19ClF3N5O3/c1-12-19(21(31-35-12)20-16(24)4-3-5-17(20)26)22(33)30-13(2)23(34,9-32-11-28-10-29-32)15-7-6-14(25)8-18(15)27/h3-8,10-11,13,34H,9H2,1-2H3,(H,30,33)/t13-,23-/m1/s1. The summed E-state index contributed by atoms with van der Waals surface area (Å²) in [7, 11) is 0. The third-order valence-electron chi connectivity index (χ3n) is 5.62. The van der Waals surface area contributed by atoms with Crippen LogP contribution in [0.5, 0.6) is 0 Å². The largest absolute Gasteiger partial charge is 0.381 e. The highest BCUT2D eigenvalue weighted by Crippen LogP contribution is 2.34. The summed E-state index contributed by atoms with van der Waals surface area (Å²) < 4.78 is 49.2. The number of carbonyl (C=O) groups is 1. The van der Waals surface area contributed by atoms with Crippen LogP contribution in [-0.2, 0) is 12.1 Å². The average Bonchev–Trinajstić information content (AvgIpc) is 3.43. The molecule has 0 unspecified atom stereocenters. The molecule has 1 amide bonds. The van der Waals surface area contributed by atoms with E-state index in [2.05, 4.69) is 20.6 Å². The number of aliphatic hydroxyl groups is 1. The van der Waals surface area contributed by atoms with Gasteiger partial charge in [0.25, 0.3) is 5.91 Å². The van der Waals surface area contributed by atoms with Gasteiger partial charge in [-0.1, -0.05) is 28.9 Å². The fraction of sp³-hybridized carbons (Fsp3) is 0.217. The summed E-state index contributed by atoms with van der Waals surface area (Å²) in [5.74, 6) is -3.29. The van der Waals surface area contributed by atoms with Gasteiger partial charge in [-0.2, -0.15) is 5.10 Å². The highest BCUT2D eigenvalue weighted by atomic mass is 35.5. The summed E-state index contributed by atoms with van der Waals surface area (Å²) in [6, 6.07) is 5.51. The summed E-state index contributed by atoms with van der Waals surface area (Å²) in [4.78, 5) is 17.1. The molecule has 2 aromatic heterocycles. The van der Waals surface area contributed by atoms with E-state index >= 15 is 0 Å². The Labute approximate surface area is 202 Å². The quantitative estimate of drug-likeness (QED) is 0.393. The topological polar surface area (TPSA) is 106 Å². The van der Waals surface area contributed by atoms with Crippen LogP contribution >= 0.6 is 11.6 Å². The lowest BCUT2D eigenvalue weighted by atomic mass is 9.86. The SMILES string of the molecule is Cc1onc(-c2c(F)cccc2Cl)c1C(=O)N[C@H](C)[C@](O)(Cn1cncn1)c1ccc(F)cc1F. The van der Waals surface area contributed by atoms with E-state index in [-0.39, 0.29) is 39.7 Å². The lowest BCUT2D eigenvalue weighted by Crippen LogP contribution is -2.52. The molecule has 0 saturated heterocycles. The number of hydrogen-bond acceptors (Lipinski definition) is 6. The van der Waals surface area contributed by atoms with Crippen molar-refractivity contribution in [2.75, 3.05) is 0 Å². The fourth-order valence-electron chi connectivity index (χ4n) is 3.78. The monoisotopic (exact) mass is 505 g/mol. The average molecular weight is 506 g/mol. The first-order valence-corrected chi connectivity index (χ1v) is 10.7. The first kappa shape index (κ1) is 24.4. The molecule has 182 valence electrons. The molecule has 4 aromatic rings. The van der Waals surface area contributed by atoms with E-state index in [4.69, 9.17) is 16.1 Å². The van der Waals surface area contributed by atoms with Crippen LogP contribution in [-0.4, -0.2) is 37.0 Å². The van der Waals surface area contributed by atoms with Gasteiger partial charge in [-0.3, -0.25) is 4.79 Å². The first-order valence-electron chi connectivity index (χ1n) is 10.3. The van der Waals surface area contributed by atoms with Crippen LogP contribution in [0.3, 0.4) is 0 Å². The van der Waals surface area contributed by atoms with Gasteiger partial charge in [-0.15, -0.1) is 0 Å². The zero-order valence-corrected chi connectivity index (χ0v) is 19.2. The molecule has 0 fully saturated rings. The van der Waals surface area contributed by atoms with Crippen LogP contribution in [0.25, 0.3) is 11.3 Å². The zero-order valence-electron chi connectivity index (χ0n) is 18.5. The van der Waals surface area contributed by atoms with E-state index < -0.39 is 35.0 Å². The third kappa shape index (κ3) is 4.64. The maximum atomic E-state index is 14.7. The van der Waals surface area contributed by atoms with Crippen LogP contribution in [0, 0.1) is 24.4 Å². The molecule has 0 aliphatic carbocycles. The van der Waals surface area contributed by atoms with Crippen molar-refractivity contribution in [1.82, 2.24) is 25.2 Å². The van der Waals surface area contributed by atoms with Crippen molar-refractivity contribution >= 4 is 17.5 Å². The maximum Gasteiger partial charge on any atom is 0.257 e. The molecule has 2 atom stereocenters. The van der Waals surface area contributed by atoms with Crippen LogP contribution in [0.1, 0.15) is 28.6 Å². The predicted molar refractivity (Wildman–Crippen MR) is 119 cm³/mol. The van der Waals surface area contributed by atoms with Gasteiger partial charge < -0.3 is 14.9 Å². The Morgan fingerprint density at radius 2 is 2.03 bits per heavy atom. The van der Waals surface area contributed by atoms with Crippen molar-refractivity contribution in [1.29, 1.82) is 0 Å². The molecule has 0 bridgehead atoms. The second-order valence-corrected chi connectivity index (χ2v) is 8.30. The van der Waals surface area contributed by atoms with Crippen molar-refractivity contribution in [3.63, 3.8) is 0 Å². The first-order chi connectivity index (χ1) is 16.6. The molecule has 8 nitrogen and oxygen atoms in total. The van der Waals surface area contributed by atoms with Gasteiger partial charge in [-0.25, -0.2) is 22.8 Å². The minimum absolute atomic E-state index is 0.0106. The molecule has 12 heteroatoms. The highest BCUT2D eigenvalue weighted by Gasteiger charge is 2.41. The van der Waals surface area contributed by atoms with E-state index in [0.717, 1.165) is 18.2 Å². The number of nitrogens with zero attached hydrogens (tertiary/aromatic N) is 4. The van der Waals surface area contributed by atoms with Crippen molar-refractivity contribution in [3.05, 3.63) is 88.4 Å². The Morgan fingerprint density at radius 3 is 2.69 bits per heavy atom. The van der Waals surface area contributed by atoms with Crippen LogP contribution < -0.4 is 5.32 Å².